The van der Waals surface area contributed by atoms with Gasteiger partial charge in [0.2, 0.25) is 0 Å². The SMILES string of the molecule is CN(/C=C/C(=O)CC1CCC1)Cc1ccccc1. The van der Waals surface area contributed by atoms with E-state index in [0.29, 0.717) is 5.92 Å². The van der Waals surface area contributed by atoms with Crippen LogP contribution < -0.4 is 0 Å². The number of carbonyl (C=O) groups is 1. The van der Waals surface area contributed by atoms with Gasteiger partial charge in [-0.25, -0.2) is 0 Å². The maximum absolute atomic E-state index is 11.7. The van der Waals surface area contributed by atoms with E-state index in [9.17, 15) is 4.79 Å². The first-order valence-corrected chi connectivity index (χ1v) is 6.69. The molecule has 0 spiro atoms. The van der Waals surface area contributed by atoms with Crippen LogP contribution in [-0.4, -0.2) is 17.7 Å². The molecule has 2 nitrogen and oxygen atoms in total. The number of hydrogen-bond donors (Lipinski definition) is 0. The average Bonchev–Trinajstić information content (AvgIpc) is 2.33. The molecule has 0 heterocycles. The van der Waals surface area contributed by atoms with Crippen LogP contribution in [0.5, 0.6) is 0 Å². The molecule has 1 aliphatic rings. The molecule has 0 saturated heterocycles. The first-order chi connectivity index (χ1) is 8.74. The van der Waals surface area contributed by atoms with Crippen LogP contribution in [-0.2, 0) is 11.3 Å². The van der Waals surface area contributed by atoms with Gasteiger partial charge in [-0.05, 0) is 17.6 Å². The summed E-state index contributed by atoms with van der Waals surface area (Å²) in [5.41, 5.74) is 1.26. The van der Waals surface area contributed by atoms with Crippen molar-refractivity contribution >= 4 is 5.78 Å². The zero-order valence-electron chi connectivity index (χ0n) is 11.0. The van der Waals surface area contributed by atoms with E-state index in [4.69, 9.17) is 0 Å². The zero-order chi connectivity index (χ0) is 12.8. The lowest BCUT2D eigenvalue weighted by Gasteiger charge is -2.23. The predicted octanol–water partition coefficient (Wildman–Crippen LogP) is 3.39. The Morgan fingerprint density at radius 3 is 2.67 bits per heavy atom. The summed E-state index contributed by atoms with van der Waals surface area (Å²) < 4.78 is 0. The van der Waals surface area contributed by atoms with Crippen molar-refractivity contribution < 1.29 is 4.79 Å². The second kappa shape index (κ2) is 6.39. The Balaban J connectivity index is 1.75. The fraction of sp³-hybridized carbons (Fsp3) is 0.438. The molecule has 2 heteroatoms. The third-order valence-electron chi connectivity index (χ3n) is 3.50. The largest absolute Gasteiger partial charge is 0.376 e. The molecule has 0 aromatic heterocycles. The zero-order valence-corrected chi connectivity index (χ0v) is 11.0. The maximum Gasteiger partial charge on any atom is 0.157 e. The second-order valence-corrected chi connectivity index (χ2v) is 5.18. The van der Waals surface area contributed by atoms with E-state index in [-0.39, 0.29) is 5.78 Å². The smallest absolute Gasteiger partial charge is 0.157 e. The van der Waals surface area contributed by atoms with Crippen LogP contribution in [0.1, 0.15) is 31.2 Å². The summed E-state index contributed by atoms with van der Waals surface area (Å²) in [7, 11) is 2.00. The van der Waals surface area contributed by atoms with E-state index in [0.717, 1.165) is 13.0 Å². The fourth-order valence-electron chi connectivity index (χ4n) is 2.18. The number of allylic oxidation sites excluding steroid dienone is 1. The van der Waals surface area contributed by atoms with Gasteiger partial charge in [-0.2, -0.15) is 0 Å². The minimum atomic E-state index is 0.264. The van der Waals surface area contributed by atoms with Crippen molar-refractivity contribution in [2.75, 3.05) is 7.05 Å². The molecule has 2 rings (SSSR count). The number of hydrogen-bond acceptors (Lipinski definition) is 2. The Hall–Kier alpha value is -1.57. The molecule has 1 aliphatic carbocycles. The second-order valence-electron chi connectivity index (χ2n) is 5.18. The van der Waals surface area contributed by atoms with E-state index in [2.05, 4.69) is 12.1 Å². The summed E-state index contributed by atoms with van der Waals surface area (Å²) in [4.78, 5) is 13.7. The summed E-state index contributed by atoms with van der Waals surface area (Å²) in [5.74, 6) is 0.918. The lowest BCUT2D eigenvalue weighted by Crippen LogP contribution is -2.15. The van der Waals surface area contributed by atoms with Gasteiger partial charge < -0.3 is 4.90 Å². The van der Waals surface area contributed by atoms with Gasteiger partial charge in [-0.3, -0.25) is 4.79 Å². The van der Waals surface area contributed by atoms with Crippen LogP contribution in [0.2, 0.25) is 0 Å². The molecular formula is C16H21NO. The number of rotatable bonds is 6. The highest BCUT2D eigenvalue weighted by molar-refractivity contribution is 5.89. The van der Waals surface area contributed by atoms with Crippen molar-refractivity contribution in [3.8, 4) is 0 Å². The van der Waals surface area contributed by atoms with Crippen molar-refractivity contribution in [1.29, 1.82) is 0 Å². The first-order valence-electron chi connectivity index (χ1n) is 6.69. The van der Waals surface area contributed by atoms with Crippen LogP contribution in [0.3, 0.4) is 0 Å². The summed E-state index contributed by atoms with van der Waals surface area (Å²) in [6.07, 6.45) is 8.12. The Morgan fingerprint density at radius 1 is 1.33 bits per heavy atom. The first kappa shape index (κ1) is 12.9. The van der Waals surface area contributed by atoms with Gasteiger partial charge in [-0.1, -0.05) is 49.6 Å². The van der Waals surface area contributed by atoms with E-state index in [1.807, 2.05) is 36.3 Å². The van der Waals surface area contributed by atoms with Crippen LogP contribution in [0.4, 0.5) is 0 Å². The van der Waals surface area contributed by atoms with Crippen molar-refractivity contribution in [1.82, 2.24) is 4.90 Å². The van der Waals surface area contributed by atoms with Gasteiger partial charge in [0, 0.05) is 26.2 Å². The molecule has 1 fully saturated rings. The van der Waals surface area contributed by atoms with Crippen molar-refractivity contribution in [3.63, 3.8) is 0 Å². The summed E-state index contributed by atoms with van der Waals surface area (Å²) in [5, 5.41) is 0. The lowest BCUT2D eigenvalue weighted by molar-refractivity contribution is -0.116. The quantitative estimate of drug-likeness (QED) is 0.714. The third-order valence-corrected chi connectivity index (χ3v) is 3.50. The van der Waals surface area contributed by atoms with Crippen LogP contribution in [0.15, 0.2) is 42.6 Å². The molecule has 0 bridgehead atoms. The Kier molecular flexibility index (Phi) is 4.57. The third kappa shape index (κ3) is 4.02. The average molecular weight is 243 g/mol. The molecule has 0 aliphatic heterocycles. The molecule has 0 radical (unpaired) electrons. The van der Waals surface area contributed by atoms with Crippen LogP contribution in [0.25, 0.3) is 0 Å². The summed E-state index contributed by atoms with van der Waals surface area (Å²) >= 11 is 0. The lowest BCUT2D eigenvalue weighted by atomic mass is 9.82. The molecule has 1 aromatic rings. The molecule has 0 unspecified atom stereocenters. The summed E-state index contributed by atoms with van der Waals surface area (Å²) in [6, 6.07) is 10.3. The van der Waals surface area contributed by atoms with Gasteiger partial charge in [0.15, 0.2) is 5.78 Å². The van der Waals surface area contributed by atoms with Gasteiger partial charge in [-0.15, -0.1) is 0 Å². The topological polar surface area (TPSA) is 20.3 Å². The Morgan fingerprint density at radius 2 is 2.06 bits per heavy atom. The van der Waals surface area contributed by atoms with Crippen molar-refractivity contribution in [2.24, 2.45) is 5.92 Å². The van der Waals surface area contributed by atoms with E-state index < -0.39 is 0 Å². The fourth-order valence-corrected chi connectivity index (χ4v) is 2.18. The number of carbonyl (C=O) groups excluding carboxylic acids is 1. The minimum absolute atomic E-state index is 0.264. The molecule has 1 aromatic carbocycles. The van der Waals surface area contributed by atoms with Crippen molar-refractivity contribution in [3.05, 3.63) is 48.2 Å². The van der Waals surface area contributed by atoms with Crippen LogP contribution >= 0.6 is 0 Å². The maximum atomic E-state index is 11.7. The van der Waals surface area contributed by atoms with Gasteiger partial charge >= 0.3 is 0 Å². The Labute approximate surface area is 109 Å². The molecule has 18 heavy (non-hydrogen) atoms. The molecule has 96 valence electrons. The molecule has 0 atom stereocenters. The predicted molar refractivity (Wildman–Crippen MR) is 74.0 cm³/mol. The highest BCUT2D eigenvalue weighted by Crippen LogP contribution is 2.29. The molecule has 0 amide bonds. The monoisotopic (exact) mass is 243 g/mol. The van der Waals surface area contributed by atoms with E-state index in [1.165, 1.54) is 24.8 Å². The van der Waals surface area contributed by atoms with Gasteiger partial charge in [0.25, 0.3) is 0 Å². The van der Waals surface area contributed by atoms with Gasteiger partial charge in [0.05, 0.1) is 0 Å². The Bertz CT molecular complexity index is 406. The van der Waals surface area contributed by atoms with Gasteiger partial charge in [0.1, 0.15) is 0 Å². The van der Waals surface area contributed by atoms with E-state index in [1.54, 1.807) is 6.08 Å². The number of ketones is 1. The molecule has 0 N–H and O–H groups in total. The van der Waals surface area contributed by atoms with E-state index >= 15 is 0 Å². The number of benzene rings is 1. The summed E-state index contributed by atoms with van der Waals surface area (Å²) in [6.45, 7) is 0.841. The van der Waals surface area contributed by atoms with Crippen LogP contribution in [0, 0.1) is 5.92 Å². The van der Waals surface area contributed by atoms with Crippen molar-refractivity contribution in [2.45, 2.75) is 32.2 Å². The highest BCUT2D eigenvalue weighted by Gasteiger charge is 2.19. The normalized spacial score (nSPS) is 15.6. The molecule has 1 saturated carbocycles. The highest BCUT2D eigenvalue weighted by atomic mass is 16.1. The minimum Gasteiger partial charge on any atom is -0.376 e. The number of nitrogens with zero attached hydrogens (tertiary/aromatic N) is 1. The molecular weight excluding hydrogens is 222 g/mol. The standard InChI is InChI=1S/C16H21NO/c1-17(13-15-6-3-2-4-7-15)11-10-16(18)12-14-8-5-9-14/h2-4,6-7,10-11,14H,5,8-9,12-13H2,1H3/b11-10+.